The molecule has 0 amide bonds. The van der Waals surface area contributed by atoms with Gasteiger partial charge in [0.05, 0.1) is 11.0 Å². The van der Waals surface area contributed by atoms with Gasteiger partial charge in [0.25, 0.3) is 0 Å². The highest BCUT2D eigenvalue weighted by molar-refractivity contribution is 6.14. The third kappa shape index (κ3) is 4.69. The van der Waals surface area contributed by atoms with Crippen molar-refractivity contribution >= 4 is 32.6 Å². The van der Waals surface area contributed by atoms with Gasteiger partial charge in [0, 0.05) is 27.8 Å². The summed E-state index contributed by atoms with van der Waals surface area (Å²) >= 11 is 0. The lowest BCUT2D eigenvalue weighted by Crippen LogP contribution is -2.16. The average Bonchev–Trinajstić information content (AvgIpc) is 3.86. The monoisotopic (exact) mass is 725 g/mol. The van der Waals surface area contributed by atoms with Crippen LogP contribution in [-0.2, 0) is 5.41 Å². The highest BCUT2D eigenvalue weighted by atomic mass is 15.0. The molecule has 9 aromatic carbocycles. The molecule has 2 aliphatic rings. The van der Waals surface area contributed by atoms with Crippen molar-refractivity contribution in [3.63, 3.8) is 0 Å². The van der Waals surface area contributed by atoms with Crippen molar-refractivity contribution < 1.29 is 0 Å². The third-order valence-electron chi connectivity index (χ3n) is 13.0. The Morgan fingerprint density at radius 2 is 1.12 bits per heavy atom. The van der Waals surface area contributed by atoms with Gasteiger partial charge in [-0.1, -0.05) is 178 Å². The summed E-state index contributed by atoms with van der Waals surface area (Å²) in [6, 6.07) is 72.5. The van der Waals surface area contributed by atoms with Crippen LogP contribution in [0.25, 0.3) is 82.8 Å². The maximum Gasteiger partial charge on any atom is 0.0588 e. The molecule has 2 aliphatic carbocycles. The first kappa shape index (κ1) is 32.3. The van der Waals surface area contributed by atoms with Crippen molar-refractivity contribution in [1.82, 2.24) is 4.57 Å². The van der Waals surface area contributed by atoms with Gasteiger partial charge >= 0.3 is 0 Å². The lowest BCUT2D eigenvalue weighted by Gasteiger charge is -2.23. The smallest absolute Gasteiger partial charge is 0.0588 e. The van der Waals surface area contributed by atoms with E-state index >= 15 is 0 Å². The van der Waals surface area contributed by atoms with Gasteiger partial charge in [-0.15, -0.1) is 0 Å². The van der Waals surface area contributed by atoms with Crippen molar-refractivity contribution in [3.05, 3.63) is 222 Å². The average molecular weight is 726 g/mol. The molecule has 57 heavy (non-hydrogen) atoms. The predicted molar refractivity (Wildman–Crippen MR) is 240 cm³/mol. The predicted octanol–water partition coefficient (Wildman–Crippen LogP) is 14.7. The van der Waals surface area contributed by atoms with Gasteiger partial charge in [-0.25, -0.2) is 0 Å². The van der Waals surface area contributed by atoms with Crippen molar-refractivity contribution in [2.45, 2.75) is 25.2 Å². The Hall–Kier alpha value is -6.96. The second-order valence-corrected chi connectivity index (χ2v) is 16.5. The molecule has 268 valence electrons. The highest BCUT2D eigenvalue weighted by Gasteiger charge is 2.38. The SMILES string of the molecule is CC1(C)c2ccccc2-c2ccc3c4cc(-c5ccc6c(c5)-c5ccccc5C6c5ccc6ccccc6c5)ccc4n(-c4cccc(-c5ccccc5)c4)c3c21. The number of nitrogens with zero attached hydrogens (tertiary/aromatic N) is 1. The van der Waals surface area contributed by atoms with Crippen LogP contribution in [0.3, 0.4) is 0 Å². The molecule has 0 spiro atoms. The van der Waals surface area contributed by atoms with Crippen LogP contribution >= 0.6 is 0 Å². The van der Waals surface area contributed by atoms with E-state index < -0.39 is 0 Å². The molecular formula is C56H39N. The molecule has 1 aromatic heterocycles. The van der Waals surface area contributed by atoms with Crippen LogP contribution in [0.15, 0.2) is 194 Å². The Morgan fingerprint density at radius 3 is 2.02 bits per heavy atom. The summed E-state index contributed by atoms with van der Waals surface area (Å²) < 4.78 is 2.54. The summed E-state index contributed by atoms with van der Waals surface area (Å²) in [6.45, 7) is 4.80. The summed E-state index contributed by atoms with van der Waals surface area (Å²) in [5.41, 5.74) is 20.7. The lowest BCUT2D eigenvalue weighted by molar-refractivity contribution is 0.664. The van der Waals surface area contributed by atoms with Crippen molar-refractivity contribution in [1.29, 1.82) is 0 Å². The van der Waals surface area contributed by atoms with Crippen molar-refractivity contribution in [2.24, 2.45) is 0 Å². The summed E-state index contributed by atoms with van der Waals surface area (Å²) in [5.74, 6) is 0.205. The van der Waals surface area contributed by atoms with Gasteiger partial charge in [0.1, 0.15) is 0 Å². The summed E-state index contributed by atoms with van der Waals surface area (Å²) in [5, 5.41) is 5.13. The zero-order chi connectivity index (χ0) is 37.8. The van der Waals surface area contributed by atoms with Crippen molar-refractivity contribution in [2.75, 3.05) is 0 Å². The molecule has 0 N–H and O–H groups in total. The van der Waals surface area contributed by atoms with E-state index in [9.17, 15) is 0 Å². The van der Waals surface area contributed by atoms with E-state index in [0.29, 0.717) is 0 Å². The number of aromatic nitrogens is 1. The van der Waals surface area contributed by atoms with E-state index in [1.807, 2.05) is 0 Å². The highest BCUT2D eigenvalue weighted by Crippen LogP contribution is 2.54. The molecule has 1 unspecified atom stereocenters. The number of rotatable bonds is 4. The van der Waals surface area contributed by atoms with Gasteiger partial charge in [-0.2, -0.15) is 0 Å². The van der Waals surface area contributed by atoms with E-state index in [2.05, 4.69) is 213 Å². The molecule has 10 aromatic rings. The third-order valence-corrected chi connectivity index (χ3v) is 13.0. The molecular weight excluding hydrogens is 687 g/mol. The Morgan fingerprint density at radius 1 is 0.421 bits per heavy atom. The molecule has 1 nitrogen and oxygen atoms in total. The second kappa shape index (κ2) is 12.0. The van der Waals surface area contributed by atoms with Crippen LogP contribution < -0.4 is 0 Å². The Kier molecular flexibility index (Phi) is 6.81. The largest absolute Gasteiger partial charge is 0.309 e. The molecule has 0 radical (unpaired) electrons. The van der Waals surface area contributed by atoms with Crippen molar-refractivity contribution in [3.8, 4) is 50.2 Å². The number of benzene rings is 9. The molecule has 12 rings (SSSR count). The molecule has 0 fully saturated rings. The maximum atomic E-state index is 2.54. The van der Waals surface area contributed by atoms with E-state index in [1.54, 1.807) is 0 Å². The molecule has 1 heteroatoms. The summed E-state index contributed by atoms with van der Waals surface area (Å²) in [4.78, 5) is 0. The van der Waals surface area contributed by atoms with Crippen LogP contribution in [0.4, 0.5) is 0 Å². The maximum absolute atomic E-state index is 2.54. The summed E-state index contributed by atoms with van der Waals surface area (Å²) in [6.07, 6.45) is 0. The lowest BCUT2D eigenvalue weighted by atomic mass is 9.81. The van der Waals surface area contributed by atoms with Gasteiger partial charge < -0.3 is 4.57 Å². The zero-order valence-corrected chi connectivity index (χ0v) is 32.0. The normalized spacial score (nSPS) is 14.8. The Bertz CT molecular complexity index is 3270. The number of hydrogen-bond acceptors (Lipinski definition) is 0. The fourth-order valence-corrected chi connectivity index (χ4v) is 10.4. The molecule has 1 heterocycles. The van der Waals surface area contributed by atoms with Gasteiger partial charge in [-0.05, 0) is 113 Å². The standard InChI is InChI=1S/C56H39N/c1-56(2)51-22-11-10-20-44(51)47-28-29-48-50-34-40(26-30-52(50)57(55(48)54(47)56)42-18-12-17-38(32-42)35-13-4-3-5-14-35)39-25-27-46-49(33-39)43-19-8-9-21-45(43)53(46)41-24-23-36-15-6-7-16-37(36)31-41/h3-34,53H,1-2H3. The molecule has 0 aliphatic heterocycles. The van der Waals surface area contributed by atoms with Gasteiger partial charge in [0.15, 0.2) is 0 Å². The van der Waals surface area contributed by atoms with E-state index in [0.717, 1.165) is 0 Å². The molecule has 0 bridgehead atoms. The first-order valence-corrected chi connectivity index (χ1v) is 20.1. The topological polar surface area (TPSA) is 4.93 Å². The van der Waals surface area contributed by atoms with E-state index in [-0.39, 0.29) is 11.3 Å². The zero-order valence-electron chi connectivity index (χ0n) is 32.0. The fraction of sp³-hybridized carbons (Fsp3) is 0.0714. The van der Waals surface area contributed by atoms with Crippen LogP contribution in [0.2, 0.25) is 0 Å². The number of fused-ring (bicyclic) bond motifs is 11. The minimum Gasteiger partial charge on any atom is -0.309 e. The fourth-order valence-electron chi connectivity index (χ4n) is 10.4. The molecule has 0 saturated carbocycles. The molecule has 0 saturated heterocycles. The Labute approximate surface area is 333 Å². The Balaban J connectivity index is 1.06. The van der Waals surface area contributed by atoms with Gasteiger partial charge in [-0.3, -0.25) is 0 Å². The first-order valence-electron chi connectivity index (χ1n) is 20.1. The van der Waals surface area contributed by atoms with Crippen LogP contribution in [0.5, 0.6) is 0 Å². The van der Waals surface area contributed by atoms with Crippen LogP contribution in [0.1, 0.15) is 47.6 Å². The molecule has 1 atom stereocenters. The quantitative estimate of drug-likeness (QED) is 0.170. The van der Waals surface area contributed by atoms with Gasteiger partial charge in [0.2, 0.25) is 0 Å². The summed E-state index contributed by atoms with van der Waals surface area (Å²) in [7, 11) is 0. The van der Waals surface area contributed by atoms with E-state index in [4.69, 9.17) is 0 Å². The number of hydrogen-bond donors (Lipinski definition) is 0. The minimum atomic E-state index is -0.160. The van der Waals surface area contributed by atoms with Crippen LogP contribution in [-0.4, -0.2) is 4.57 Å². The minimum absolute atomic E-state index is 0.160. The first-order chi connectivity index (χ1) is 28.0. The second-order valence-electron chi connectivity index (χ2n) is 16.5. The van der Waals surface area contributed by atoms with E-state index in [1.165, 1.54) is 111 Å². The van der Waals surface area contributed by atoms with Crippen LogP contribution in [0, 0.1) is 0 Å².